The summed E-state index contributed by atoms with van der Waals surface area (Å²) in [5.41, 5.74) is 0.858. The van der Waals surface area contributed by atoms with Crippen LogP contribution in [0.2, 0.25) is 10.0 Å². The molecule has 1 N–H and O–H groups in total. The number of halogens is 3. The zero-order valence-corrected chi connectivity index (χ0v) is 12.6. The number of thiophene rings is 1. The van der Waals surface area contributed by atoms with Crippen LogP contribution in [0, 0.1) is 0 Å². The molecule has 5 heteroatoms. The van der Waals surface area contributed by atoms with Gasteiger partial charge in [0.25, 0.3) is 0 Å². The standard InChI is InChI=1S/C12H9BrCl2OS/c13-8-5-11(17-6-8)10(16)4-7-2-1-3-9(14)12(7)15/h1-3,5-6,10,16H,4H2. The molecular formula is C12H9BrCl2OS. The Hall–Kier alpha value is -0.0600. The van der Waals surface area contributed by atoms with Gasteiger partial charge in [0, 0.05) is 21.2 Å². The second-order valence-electron chi connectivity index (χ2n) is 3.60. The predicted molar refractivity (Wildman–Crippen MR) is 77.1 cm³/mol. The molecule has 0 radical (unpaired) electrons. The van der Waals surface area contributed by atoms with Crippen molar-refractivity contribution in [2.75, 3.05) is 0 Å². The van der Waals surface area contributed by atoms with Crippen LogP contribution in [0.25, 0.3) is 0 Å². The molecule has 90 valence electrons. The Kier molecular flexibility index (Phi) is 4.50. The van der Waals surface area contributed by atoms with Gasteiger partial charge in [-0.25, -0.2) is 0 Å². The van der Waals surface area contributed by atoms with E-state index in [0.29, 0.717) is 16.5 Å². The minimum atomic E-state index is -0.553. The van der Waals surface area contributed by atoms with E-state index in [1.165, 1.54) is 11.3 Å². The van der Waals surface area contributed by atoms with Crippen molar-refractivity contribution >= 4 is 50.5 Å². The predicted octanol–water partition coefficient (Wildman–Crippen LogP) is 5.09. The first-order valence-electron chi connectivity index (χ1n) is 4.93. The van der Waals surface area contributed by atoms with E-state index >= 15 is 0 Å². The minimum absolute atomic E-state index is 0.465. The van der Waals surface area contributed by atoms with Gasteiger partial charge >= 0.3 is 0 Å². The van der Waals surface area contributed by atoms with Crippen LogP contribution in [0.3, 0.4) is 0 Å². The van der Waals surface area contributed by atoms with E-state index in [9.17, 15) is 5.11 Å². The molecule has 0 spiro atoms. The average Bonchev–Trinajstić information content (AvgIpc) is 2.72. The van der Waals surface area contributed by atoms with E-state index in [2.05, 4.69) is 15.9 Å². The van der Waals surface area contributed by atoms with E-state index in [-0.39, 0.29) is 0 Å². The number of aliphatic hydroxyl groups is 1. The second kappa shape index (κ2) is 5.72. The number of aliphatic hydroxyl groups excluding tert-OH is 1. The summed E-state index contributed by atoms with van der Waals surface area (Å²) in [6.07, 6.45) is -0.0888. The number of hydrogen-bond donors (Lipinski definition) is 1. The maximum atomic E-state index is 10.1. The van der Waals surface area contributed by atoms with Crippen LogP contribution < -0.4 is 0 Å². The highest BCUT2D eigenvalue weighted by Crippen LogP contribution is 2.32. The first-order valence-corrected chi connectivity index (χ1v) is 7.35. The average molecular weight is 352 g/mol. The molecule has 1 unspecified atom stereocenters. The molecule has 0 aliphatic rings. The third-order valence-electron chi connectivity index (χ3n) is 2.36. The lowest BCUT2D eigenvalue weighted by Gasteiger charge is -2.10. The van der Waals surface area contributed by atoms with E-state index in [1.807, 2.05) is 23.6 Å². The van der Waals surface area contributed by atoms with Crippen LogP contribution in [-0.4, -0.2) is 5.11 Å². The first kappa shape index (κ1) is 13.4. The molecule has 0 saturated heterocycles. The Morgan fingerprint density at radius 2 is 2.12 bits per heavy atom. The van der Waals surface area contributed by atoms with Gasteiger partial charge in [-0.15, -0.1) is 11.3 Å². The van der Waals surface area contributed by atoms with Crippen LogP contribution in [-0.2, 0) is 6.42 Å². The molecule has 1 heterocycles. The van der Waals surface area contributed by atoms with Crippen molar-refractivity contribution in [3.05, 3.63) is 54.6 Å². The van der Waals surface area contributed by atoms with E-state index < -0.39 is 6.10 Å². The topological polar surface area (TPSA) is 20.2 Å². The molecular weight excluding hydrogens is 343 g/mol. The fourth-order valence-corrected chi connectivity index (χ4v) is 3.35. The molecule has 17 heavy (non-hydrogen) atoms. The second-order valence-corrected chi connectivity index (χ2v) is 6.24. The fourth-order valence-electron chi connectivity index (χ4n) is 1.52. The van der Waals surface area contributed by atoms with Crippen molar-refractivity contribution < 1.29 is 5.11 Å². The molecule has 0 aliphatic heterocycles. The third kappa shape index (κ3) is 3.24. The number of benzene rings is 1. The Balaban J connectivity index is 2.18. The van der Waals surface area contributed by atoms with Gasteiger partial charge in [-0.3, -0.25) is 0 Å². The van der Waals surface area contributed by atoms with Gasteiger partial charge in [0.1, 0.15) is 0 Å². The van der Waals surface area contributed by atoms with Gasteiger partial charge in [0.2, 0.25) is 0 Å². The van der Waals surface area contributed by atoms with Crippen molar-refractivity contribution in [1.82, 2.24) is 0 Å². The highest BCUT2D eigenvalue weighted by Gasteiger charge is 2.13. The van der Waals surface area contributed by atoms with Crippen molar-refractivity contribution in [3.8, 4) is 0 Å². The van der Waals surface area contributed by atoms with Gasteiger partial charge in [-0.2, -0.15) is 0 Å². The lowest BCUT2D eigenvalue weighted by molar-refractivity contribution is 0.182. The monoisotopic (exact) mass is 350 g/mol. The largest absolute Gasteiger partial charge is 0.387 e. The number of hydrogen-bond acceptors (Lipinski definition) is 2. The Morgan fingerprint density at radius 1 is 1.35 bits per heavy atom. The quantitative estimate of drug-likeness (QED) is 0.816. The Labute approximate surface area is 122 Å². The SMILES string of the molecule is OC(Cc1cccc(Cl)c1Cl)c1cc(Br)cs1. The summed E-state index contributed by atoms with van der Waals surface area (Å²) in [4.78, 5) is 0.910. The molecule has 0 fully saturated rings. The van der Waals surface area contributed by atoms with Gasteiger partial charge < -0.3 is 5.11 Å². The lowest BCUT2D eigenvalue weighted by Crippen LogP contribution is -2.00. The molecule has 0 amide bonds. The summed E-state index contributed by atoms with van der Waals surface area (Å²) in [5.74, 6) is 0. The molecule has 1 nitrogen and oxygen atoms in total. The molecule has 2 aromatic rings. The molecule has 0 saturated carbocycles. The summed E-state index contributed by atoms with van der Waals surface area (Å²) in [7, 11) is 0. The highest BCUT2D eigenvalue weighted by atomic mass is 79.9. The van der Waals surface area contributed by atoms with Gasteiger partial charge in [-0.05, 0) is 33.6 Å². The van der Waals surface area contributed by atoms with Crippen LogP contribution in [0.15, 0.2) is 34.1 Å². The van der Waals surface area contributed by atoms with E-state index in [1.54, 1.807) is 6.07 Å². The zero-order chi connectivity index (χ0) is 12.4. The summed E-state index contributed by atoms with van der Waals surface area (Å²) < 4.78 is 0.980. The third-order valence-corrected chi connectivity index (χ3v) is 5.01. The molecule has 0 bridgehead atoms. The smallest absolute Gasteiger partial charge is 0.0923 e. The van der Waals surface area contributed by atoms with Crippen molar-refractivity contribution in [1.29, 1.82) is 0 Å². The maximum absolute atomic E-state index is 10.1. The van der Waals surface area contributed by atoms with Crippen molar-refractivity contribution in [3.63, 3.8) is 0 Å². The van der Waals surface area contributed by atoms with Gasteiger partial charge in [0.15, 0.2) is 0 Å². The summed E-state index contributed by atoms with van der Waals surface area (Å²) in [5, 5.41) is 13.1. The summed E-state index contributed by atoms with van der Waals surface area (Å²) in [6, 6.07) is 7.36. The van der Waals surface area contributed by atoms with E-state index in [4.69, 9.17) is 23.2 Å². The Morgan fingerprint density at radius 3 is 2.76 bits per heavy atom. The van der Waals surface area contributed by atoms with Crippen molar-refractivity contribution in [2.24, 2.45) is 0 Å². The van der Waals surface area contributed by atoms with Crippen LogP contribution >= 0.6 is 50.5 Å². The minimum Gasteiger partial charge on any atom is -0.387 e. The number of rotatable bonds is 3. The zero-order valence-electron chi connectivity index (χ0n) is 8.66. The summed E-state index contributed by atoms with van der Waals surface area (Å²) >= 11 is 16.9. The maximum Gasteiger partial charge on any atom is 0.0923 e. The fraction of sp³-hybridized carbons (Fsp3) is 0.167. The Bertz CT molecular complexity index is 527. The lowest BCUT2D eigenvalue weighted by atomic mass is 10.1. The molecule has 1 aromatic carbocycles. The first-order chi connectivity index (χ1) is 8.08. The highest BCUT2D eigenvalue weighted by molar-refractivity contribution is 9.10. The van der Waals surface area contributed by atoms with Gasteiger partial charge in [0.05, 0.1) is 16.1 Å². The molecule has 0 aliphatic carbocycles. The molecule has 1 aromatic heterocycles. The van der Waals surface area contributed by atoms with Crippen LogP contribution in [0.5, 0.6) is 0 Å². The van der Waals surface area contributed by atoms with Crippen LogP contribution in [0.4, 0.5) is 0 Å². The molecule has 2 rings (SSSR count). The normalized spacial score (nSPS) is 12.7. The van der Waals surface area contributed by atoms with E-state index in [0.717, 1.165) is 14.9 Å². The van der Waals surface area contributed by atoms with Crippen LogP contribution in [0.1, 0.15) is 16.5 Å². The molecule has 1 atom stereocenters. The summed E-state index contributed by atoms with van der Waals surface area (Å²) in [6.45, 7) is 0. The van der Waals surface area contributed by atoms with Crippen molar-refractivity contribution in [2.45, 2.75) is 12.5 Å². The van der Waals surface area contributed by atoms with Gasteiger partial charge in [-0.1, -0.05) is 35.3 Å².